The maximum Gasteiger partial charge on any atom is 0.306 e. The van der Waals surface area contributed by atoms with Gasteiger partial charge < -0.3 is 34.3 Å². The SMILES string of the molecule is CCCCC/C=C/C/C=C/C/C=C/CCCCCCC(=O)O[C@H](COC(=O)CCCCCCCCCCCC)CO[C@H]1O[C@H](CS(=O)(=O)O)[C@@H](O)C(O)C1O. The third-order valence-electron chi connectivity index (χ3n) is 9.47. The van der Waals surface area contributed by atoms with Gasteiger partial charge in [-0.3, -0.25) is 14.1 Å². The molecule has 0 spiro atoms. The van der Waals surface area contributed by atoms with Crippen molar-refractivity contribution in [1.82, 2.24) is 0 Å². The van der Waals surface area contributed by atoms with Crippen LogP contribution in [0.3, 0.4) is 0 Å². The molecule has 1 heterocycles. The largest absolute Gasteiger partial charge is 0.462 e. The Morgan fingerprint density at radius 2 is 1.09 bits per heavy atom. The van der Waals surface area contributed by atoms with Gasteiger partial charge >= 0.3 is 11.9 Å². The van der Waals surface area contributed by atoms with Gasteiger partial charge in [0.05, 0.1) is 6.61 Å². The first-order valence-electron chi connectivity index (χ1n) is 21.0. The molecule has 13 heteroatoms. The van der Waals surface area contributed by atoms with Crippen LogP contribution in [0.5, 0.6) is 0 Å². The van der Waals surface area contributed by atoms with Crippen molar-refractivity contribution < 1.29 is 56.8 Å². The fourth-order valence-electron chi connectivity index (χ4n) is 6.15. The number of ether oxygens (including phenoxy) is 4. The predicted molar refractivity (Wildman–Crippen MR) is 215 cm³/mol. The first-order valence-corrected chi connectivity index (χ1v) is 22.7. The Morgan fingerprint density at radius 1 is 0.618 bits per heavy atom. The van der Waals surface area contributed by atoms with Crippen LogP contribution in [0.2, 0.25) is 0 Å². The standard InChI is InChI=1S/C42H74O12S/c1-3-5-7-9-11-13-15-16-17-18-19-20-21-23-25-27-29-31-38(44)53-35(32-51-37(43)30-28-26-24-22-14-12-10-8-6-4-2)33-52-42-41(47)40(46)39(45)36(54-42)34-55(48,49)50/h11,13,16-17,19-20,35-36,39-42,45-47H,3-10,12,14-15,18,21-34H2,1-2H3,(H,48,49,50)/b13-11+,17-16+,20-19+/t35-,36-,39-,40?,41?,42+/m1/s1. The highest BCUT2D eigenvalue weighted by molar-refractivity contribution is 7.85. The number of rotatable bonds is 34. The summed E-state index contributed by atoms with van der Waals surface area (Å²) in [6.07, 6.45) is 26.3. The molecule has 0 aromatic rings. The van der Waals surface area contributed by atoms with Crippen LogP contribution in [-0.2, 0) is 38.7 Å². The van der Waals surface area contributed by atoms with Gasteiger partial charge in [-0.15, -0.1) is 0 Å². The minimum atomic E-state index is -4.60. The van der Waals surface area contributed by atoms with E-state index in [9.17, 15) is 37.9 Å². The van der Waals surface area contributed by atoms with Gasteiger partial charge in [-0.25, -0.2) is 0 Å². The van der Waals surface area contributed by atoms with Crippen molar-refractivity contribution in [3.05, 3.63) is 36.5 Å². The number of hydrogen-bond acceptors (Lipinski definition) is 11. The van der Waals surface area contributed by atoms with E-state index in [-0.39, 0.29) is 19.4 Å². The van der Waals surface area contributed by atoms with E-state index in [2.05, 4.69) is 50.3 Å². The molecule has 1 aliphatic heterocycles. The number of esters is 2. The highest BCUT2D eigenvalue weighted by atomic mass is 32.2. The van der Waals surface area contributed by atoms with E-state index >= 15 is 0 Å². The molecule has 0 radical (unpaired) electrons. The summed E-state index contributed by atoms with van der Waals surface area (Å²) in [5, 5.41) is 30.8. The second-order valence-corrected chi connectivity index (χ2v) is 16.2. The van der Waals surface area contributed by atoms with Gasteiger partial charge in [0.2, 0.25) is 0 Å². The Balaban J connectivity index is 2.50. The third kappa shape index (κ3) is 28.0. The minimum absolute atomic E-state index is 0.140. The summed E-state index contributed by atoms with van der Waals surface area (Å²) in [7, 11) is -4.60. The molecule has 1 rings (SSSR count). The van der Waals surface area contributed by atoms with Gasteiger partial charge in [-0.1, -0.05) is 134 Å². The van der Waals surface area contributed by atoms with Crippen molar-refractivity contribution in [1.29, 1.82) is 0 Å². The summed E-state index contributed by atoms with van der Waals surface area (Å²) < 4.78 is 53.9. The lowest BCUT2D eigenvalue weighted by molar-refractivity contribution is -0.297. The quantitative estimate of drug-likeness (QED) is 0.0214. The summed E-state index contributed by atoms with van der Waals surface area (Å²) in [5.74, 6) is -2.01. The van der Waals surface area contributed by atoms with Crippen LogP contribution in [0, 0.1) is 0 Å². The fourth-order valence-corrected chi connectivity index (χ4v) is 6.84. The maximum atomic E-state index is 12.8. The van der Waals surface area contributed by atoms with Gasteiger partial charge in [0.25, 0.3) is 10.1 Å². The first-order chi connectivity index (χ1) is 26.5. The van der Waals surface area contributed by atoms with E-state index in [0.29, 0.717) is 12.8 Å². The van der Waals surface area contributed by atoms with Gasteiger partial charge in [-0.2, -0.15) is 8.42 Å². The topological polar surface area (TPSA) is 186 Å². The molecule has 0 amide bonds. The van der Waals surface area contributed by atoms with Crippen molar-refractivity contribution in [2.24, 2.45) is 0 Å². The average molecular weight is 803 g/mol. The second kappa shape index (κ2) is 32.9. The molecule has 12 nitrogen and oxygen atoms in total. The molecule has 0 saturated carbocycles. The van der Waals surface area contributed by atoms with Crippen LogP contribution < -0.4 is 0 Å². The third-order valence-corrected chi connectivity index (χ3v) is 10.2. The zero-order valence-corrected chi connectivity index (χ0v) is 34.6. The van der Waals surface area contributed by atoms with Crippen LogP contribution >= 0.6 is 0 Å². The Morgan fingerprint density at radius 3 is 1.65 bits per heavy atom. The lowest BCUT2D eigenvalue weighted by Crippen LogP contribution is -2.60. The molecule has 0 bridgehead atoms. The van der Waals surface area contributed by atoms with E-state index in [1.165, 1.54) is 57.8 Å². The normalized spacial score (nSPS) is 21.2. The van der Waals surface area contributed by atoms with Crippen LogP contribution in [-0.4, -0.2) is 96.0 Å². The summed E-state index contributed by atoms with van der Waals surface area (Å²) in [4.78, 5) is 25.3. The molecule has 55 heavy (non-hydrogen) atoms. The Labute approximate surface area is 331 Å². The smallest absolute Gasteiger partial charge is 0.306 e. The monoisotopic (exact) mass is 802 g/mol. The molecule has 2 unspecified atom stereocenters. The molecule has 1 aliphatic rings. The van der Waals surface area contributed by atoms with Gasteiger partial charge in [0, 0.05) is 12.8 Å². The Hall–Kier alpha value is -2.13. The molecular weight excluding hydrogens is 729 g/mol. The van der Waals surface area contributed by atoms with E-state index in [1.807, 2.05) is 0 Å². The van der Waals surface area contributed by atoms with Gasteiger partial charge in [0.1, 0.15) is 36.8 Å². The van der Waals surface area contributed by atoms with Crippen LogP contribution in [0.1, 0.15) is 162 Å². The first kappa shape index (κ1) is 50.9. The molecule has 1 fully saturated rings. The summed E-state index contributed by atoms with van der Waals surface area (Å²) in [6.45, 7) is 3.68. The van der Waals surface area contributed by atoms with Crippen molar-refractivity contribution in [3.8, 4) is 0 Å². The highest BCUT2D eigenvalue weighted by Crippen LogP contribution is 2.24. The summed E-state index contributed by atoms with van der Waals surface area (Å²) >= 11 is 0. The number of aliphatic hydroxyl groups excluding tert-OH is 3. The zero-order chi connectivity index (χ0) is 40.6. The van der Waals surface area contributed by atoms with Crippen molar-refractivity contribution in [2.45, 2.75) is 198 Å². The Bertz CT molecular complexity index is 1170. The van der Waals surface area contributed by atoms with E-state index in [1.54, 1.807) is 0 Å². The lowest BCUT2D eigenvalue weighted by atomic mass is 10.00. The lowest BCUT2D eigenvalue weighted by Gasteiger charge is -2.40. The summed E-state index contributed by atoms with van der Waals surface area (Å²) in [6, 6.07) is 0. The summed E-state index contributed by atoms with van der Waals surface area (Å²) in [5.41, 5.74) is 0. The number of carbonyl (C=O) groups excluding carboxylic acids is 2. The van der Waals surface area contributed by atoms with Gasteiger partial charge in [0.15, 0.2) is 12.4 Å². The van der Waals surface area contributed by atoms with E-state index in [4.69, 9.17) is 18.9 Å². The fraction of sp³-hybridized carbons (Fsp3) is 0.810. The maximum absolute atomic E-state index is 12.8. The molecule has 0 aromatic heterocycles. The average Bonchev–Trinajstić information content (AvgIpc) is 3.14. The number of carbonyl (C=O) groups is 2. The molecule has 6 atom stereocenters. The van der Waals surface area contributed by atoms with E-state index < -0.39 is 71.2 Å². The zero-order valence-electron chi connectivity index (χ0n) is 33.8. The van der Waals surface area contributed by atoms with Crippen LogP contribution in [0.15, 0.2) is 36.5 Å². The number of allylic oxidation sites excluding steroid dienone is 6. The predicted octanol–water partition coefficient (Wildman–Crippen LogP) is 7.83. The number of hydrogen-bond donors (Lipinski definition) is 4. The molecular formula is C42H74O12S. The molecule has 320 valence electrons. The van der Waals surface area contributed by atoms with E-state index in [0.717, 1.165) is 64.2 Å². The number of unbranched alkanes of at least 4 members (excludes halogenated alkanes) is 16. The van der Waals surface area contributed by atoms with Crippen molar-refractivity contribution >= 4 is 22.1 Å². The van der Waals surface area contributed by atoms with Crippen LogP contribution in [0.4, 0.5) is 0 Å². The number of aliphatic hydroxyl groups is 3. The second-order valence-electron chi connectivity index (χ2n) is 14.7. The molecule has 0 aromatic carbocycles. The Kier molecular flexibility index (Phi) is 30.4. The molecule has 1 saturated heterocycles. The highest BCUT2D eigenvalue weighted by Gasteiger charge is 2.46. The van der Waals surface area contributed by atoms with Crippen LogP contribution in [0.25, 0.3) is 0 Å². The van der Waals surface area contributed by atoms with Crippen molar-refractivity contribution in [2.75, 3.05) is 19.0 Å². The minimum Gasteiger partial charge on any atom is -0.462 e. The van der Waals surface area contributed by atoms with Crippen molar-refractivity contribution in [3.63, 3.8) is 0 Å². The van der Waals surface area contributed by atoms with Gasteiger partial charge in [-0.05, 0) is 51.4 Å². The molecule has 4 N–H and O–H groups in total. The molecule has 0 aliphatic carbocycles.